The third kappa shape index (κ3) is 5.87. The van der Waals surface area contributed by atoms with Crippen LogP contribution in [0.15, 0.2) is 29.2 Å². The minimum Gasteiger partial charge on any atom is -0.338 e. The van der Waals surface area contributed by atoms with Crippen molar-refractivity contribution < 1.29 is 9.00 Å². The molecule has 1 atom stereocenters. The van der Waals surface area contributed by atoms with Gasteiger partial charge in [-0.15, -0.1) is 0 Å². The second-order valence-electron chi connectivity index (χ2n) is 6.28. The van der Waals surface area contributed by atoms with Gasteiger partial charge >= 0.3 is 6.03 Å². The highest BCUT2D eigenvalue weighted by molar-refractivity contribution is 7.84. The Bertz CT molecular complexity index is 496. The molecule has 1 aromatic carbocycles. The molecule has 21 heavy (non-hydrogen) atoms. The second kappa shape index (κ2) is 7.59. The summed E-state index contributed by atoms with van der Waals surface area (Å²) in [5, 5.41) is 5.74. The smallest absolute Gasteiger partial charge is 0.315 e. The van der Waals surface area contributed by atoms with Gasteiger partial charge in [-0.25, -0.2) is 4.79 Å². The van der Waals surface area contributed by atoms with Gasteiger partial charge in [-0.3, -0.25) is 4.21 Å². The van der Waals surface area contributed by atoms with E-state index in [2.05, 4.69) is 38.3 Å². The SMILES string of the molecule is CC(C)C(C)(C)CNC(=O)NCc1ccc(S(C)=O)cc1. The van der Waals surface area contributed by atoms with Crippen LogP contribution in [0.2, 0.25) is 0 Å². The minimum absolute atomic E-state index is 0.0736. The van der Waals surface area contributed by atoms with E-state index in [1.54, 1.807) is 6.26 Å². The molecule has 118 valence electrons. The van der Waals surface area contributed by atoms with Crippen molar-refractivity contribution in [3.05, 3.63) is 29.8 Å². The lowest BCUT2D eigenvalue weighted by Gasteiger charge is -2.29. The molecule has 0 saturated carbocycles. The van der Waals surface area contributed by atoms with E-state index in [9.17, 15) is 9.00 Å². The fourth-order valence-corrected chi connectivity index (χ4v) is 2.08. The van der Waals surface area contributed by atoms with Crippen molar-refractivity contribution in [3.8, 4) is 0 Å². The third-order valence-corrected chi connectivity index (χ3v) is 4.91. The van der Waals surface area contributed by atoms with Crippen LogP contribution in [0.3, 0.4) is 0 Å². The van der Waals surface area contributed by atoms with E-state index in [4.69, 9.17) is 0 Å². The zero-order valence-corrected chi connectivity index (χ0v) is 14.3. The summed E-state index contributed by atoms with van der Waals surface area (Å²) >= 11 is 0. The number of hydrogen-bond donors (Lipinski definition) is 2. The van der Waals surface area contributed by atoms with Crippen LogP contribution >= 0.6 is 0 Å². The number of nitrogens with one attached hydrogen (secondary N) is 2. The lowest BCUT2D eigenvalue weighted by Crippen LogP contribution is -2.42. The van der Waals surface area contributed by atoms with Gasteiger partial charge in [-0.2, -0.15) is 0 Å². The normalized spacial score (nSPS) is 13.0. The Morgan fingerprint density at radius 3 is 2.24 bits per heavy atom. The zero-order valence-electron chi connectivity index (χ0n) is 13.5. The first-order valence-corrected chi connectivity index (χ1v) is 8.72. The predicted molar refractivity (Wildman–Crippen MR) is 87.6 cm³/mol. The molecule has 0 fully saturated rings. The van der Waals surface area contributed by atoms with Gasteiger partial charge in [0.1, 0.15) is 0 Å². The quantitative estimate of drug-likeness (QED) is 0.849. The van der Waals surface area contributed by atoms with Gasteiger partial charge in [0.2, 0.25) is 0 Å². The van der Waals surface area contributed by atoms with Crippen LogP contribution in [0.1, 0.15) is 33.3 Å². The highest BCUT2D eigenvalue weighted by Gasteiger charge is 2.22. The summed E-state index contributed by atoms with van der Waals surface area (Å²) in [7, 11) is -0.967. The maximum absolute atomic E-state index is 11.8. The maximum atomic E-state index is 11.8. The molecule has 2 N–H and O–H groups in total. The van der Waals surface area contributed by atoms with Crippen molar-refractivity contribution in [1.29, 1.82) is 0 Å². The summed E-state index contributed by atoms with van der Waals surface area (Å²) in [6.45, 7) is 9.69. The van der Waals surface area contributed by atoms with Gasteiger partial charge in [0.15, 0.2) is 0 Å². The fourth-order valence-electron chi connectivity index (χ4n) is 1.56. The molecule has 0 aliphatic heterocycles. The van der Waals surface area contributed by atoms with Crippen LogP contribution in [0.5, 0.6) is 0 Å². The molecule has 0 bridgehead atoms. The molecule has 4 nitrogen and oxygen atoms in total. The lowest BCUT2D eigenvalue weighted by atomic mass is 9.81. The molecule has 1 unspecified atom stereocenters. The Balaban J connectivity index is 2.41. The Labute approximate surface area is 130 Å². The topological polar surface area (TPSA) is 58.2 Å². The number of carbonyl (C=O) groups is 1. The predicted octanol–water partition coefficient (Wildman–Crippen LogP) is 2.91. The first-order chi connectivity index (χ1) is 9.72. The van der Waals surface area contributed by atoms with E-state index in [0.717, 1.165) is 10.5 Å². The van der Waals surface area contributed by atoms with Gasteiger partial charge in [-0.05, 0) is 29.0 Å². The molecule has 0 aliphatic carbocycles. The number of urea groups is 1. The van der Waals surface area contributed by atoms with Gasteiger partial charge in [-0.1, -0.05) is 39.8 Å². The molecule has 0 aliphatic rings. The van der Waals surface area contributed by atoms with Crippen LogP contribution in [-0.4, -0.2) is 23.0 Å². The van der Waals surface area contributed by atoms with Gasteiger partial charge in [0, 0.05) is 35.0 Å². The van der Waals surface area contributed by atoms with E-state index in [1.807, 2.05) is 24.3 Å². The van der Waals surface area contributed by atoms with Crippen molar-refractivity contribution in [3.63, 3.8) is 0 Å². The highest BCUT2D eigenvalue weighted by Crippen LogP contribution is 2.24. The number of amides is 2. The van der Waals surface area contributed by atoms with Gasteiger partial charge in [0.05, 0.1) is 0 Å². The Morgan fingerprint density at radius 2 is 1.76 bits per heavy atom. The summed E-state index contributed by atoms with van der Waals surface area (Å²) in [6.07, 6.45) is 1.65. The third-order valence-electron chi connectivity index (χ3n) is 3.98. The van der Waals surface area contributed by atoms with Crippen molar-refractivity contribution >= 4 is 16.8 Å². The van der Waals surface area contributed by atoms with Crippen LogP contribution in [-0.2, 0) is 17.3 Å². The maximum Gasteiger partial charge on any atom is 0.315 e. The van der Waals surface area contributed by atoms with E-state index in [-0.39, 0.29) is 11.4 Å². The van der Waals surface area contributed by atoms with Crippen molar-refractivity contribution in [1.82, 2.24) is 10.6 Å². The molecule has 0 saturated heterocycles. The summed E-state index contributed by atoms with van der Waals surface area (Å²) in [4.78, 5) is 12.6. The molecule has 0 aromatic heterocycles. The average molecular weight is 310 g/mol. The monoisotopic (exact) mass is 310 g/mol. The van der Waals surface area contributed by atoms with Crippen LogP contribution in [0.4, 0.5) is 4.79 Å². The summed E-state index contributed by atoms with van der Waals surface area (Å²) in [5.74, 6) is 0.500. The first-order valence-electron chi connectivity index (χ1n) is 7.16. The molecule has 0 heterocycles. The first kappa shape index (κ1) is 17.7. The molecule has 2 amide bonds. The van der Waals surface area contributed by atoms with E-state index in [1.165, 1.54) is 0 Å². The number of rotatable bonds is 6. The second-order valence-corrected chi connectivity index (χ2v) is 7.66. The summed E-state index contributed by atoms with van der Waals surface area (Å²) in [5.41, 5.74) is 1.06. The number of carbonyl (C=O) groups excluding carboxylic acids is 1. The van der Waals surface area contributed by atoms with Crippen molar-refractivity contribution in [2.24, 2.45) is 11.3 Å². The summed E-state index contributed by atoms with van der Waals surface area (Å²) < 4.78 is 11.3. The van der Waals surface area contributed by atoms with Crippen LogP contribution in [0, 0.1) is 11.3 Å². The molecule has 0 radical (unpaired) electrons. The zero-order chi connectivity index (χ0) is 16.0. The fraction of sp³-hybridized carbons (Fsp3) is 0.562. The molecule has 1 rings (SSSR count). The lowest BCUT2D eigenvalue weighted by molar-refractivity contribution is 0.215. The molecule has 0 spiro atoms. The Hall–Kier alpha value is -1.36. The molecular formula is C16H26N2O2S. The van der Waals surface area contributed by atoms with Crippen LogP contribution in [0.25, 0.3) is 0 Å². The van der Waals surface area contributed by atoms with E-state index >= 15 is 0 Å². The molecular weight excluding hydrogens is 284 g/mol. The van der Waals surface area contributed by atoms with Gasteiger partial charge in [0.25, 0.3) is 0 Å². The molecule has 1 aromatic rings. The highest BCUT2D eigenvalue weighted by atomic mass is 32.2. The van der Waals surface area contributed by atoms with Crippen molar-refractivity contribution in [2.75, 3.05) is 12.8 Å². The number of hydrogen-bond acceptors (Lipinski definition) is 2. The minimum atomic E-state index is -0.967. The van der Waals surface area contributed by atoms with E-state index < -0.39 is 10.8 Å². The Kier molecular flexibility index (Phi) is 6.40. The average Bonchev–Trinajstić information content (AvgIpc) is 2.43. The molecule has 5 heteroatoms. The standard InChI is InChI=1S/C16H26N2O2S/c1-12(2)16(3,4)11-18-15(19)17-10-13-6-8-14(9-7-13)21(5)20/h6-9,12H,10-11H2,1-5H3,(H2,17,18,19). The largest absolute Gasteiger partial charge is 0.338 e. The Morgan fingerprint density at radius 1 is 1.19 bits per heavy atom. The summed E-state index contributed by atoms with van der Waals surface area (Å²) in [6, 6.07) is 7.26. The van der Waals surface area contributed by atoms with Gasteiger partial charge < -0.3 is 10.6 Å². The van der Waals surface area contributed by atoms with Crippen molar-refractivity contribution in [2.45, 2.75) is 39.1 Å². The van der Waals surface area contributed by atoms with E-state index in [0.29, 0.717) is 19.0 Å². The number of benzene rings is 1. The van der Waals surface area contributed by atoms with Crippen LogP contribution < -0.4 is 10.6 Å².